The number of rotatable bonds is 3. The Morgan fingerprint density at radius 1 is 1.19 bits per heavy atom. The third-order valence-corrected chi connectivity index (χ3v) is 5.57. The number of anilines is 3. The Balaban J connectivity index is 1.49. The van der Waals surface area contributed by atoms with E-state index >= 15 is 0 Å². The molecule has 132 valence electrons. The van der Waals surface area contributed by atoms with Crippen LogP contribution in [0, 0.1) is 5.82 Å². The van der Waals surface area contributed by atoms with E-state index in [4.69, 9.17) is 11.6 Å². The van der Waals surface area contributed by atoms with Gasteiger partial charge in [0.05, 0.1) is 21.8 Å². The monoisotopic (exact) mass is 369 g/mol. The maximum atomic E-state index is 14.2. The van der Waals surface area contributed by atoms with Gasteiger partial charge < -0.3 is 15.5 Å². The molecule has 0 bridgehead atoms. The molecule has 3 aromatic rings. The first-order valence-electron chi connectivity index (χ1n) is 8.59. The van der Waals surface area contributed by atoms with Crippen molar-refractivity contribution in [1.29, 1.82) is 0 Å². The molecule has 1 spiro atoms. The summed E-state index contributed by atoms with van der Waals surface area (Å²) in [6, 6.07) is 11.0. The topological polar surface area (TPSA) is 53.1 Å². The van der Waals surface area contributed by atoms with E-state index in [1.165, 1.54) is 18.8 Å². The van der Waals surface area contributed by atoms with Gasteiger partial charge in [0.2, 0.25) is 0 Å². The molecule has 1 aromatic heterocycles. The standard InChI is InChI=1S/C19H17ClFN5/c20-14-2-1-3-16(17(14)21)25-18-13-8-12(4-5-15(13)22-11-23-18)26-9-19(10-26)6-7-24-19/h1-5,8,11,24H,6-7,9-10H2,(H,22,23,25). The lowest BCUT2D eigenvalue weighted by molar-refractivity contribution is 0.159. The van der Waals surface area contributed by atoms with Crippen LogP contribution in [0.3, 0.4) is 0 Å². The second-order valence-electron chi connectivity index (χ2n) is 6.96. The SMILES string of the molecule is Fc1c(Cl)cccc1Nc1ncnc2ccc(N3CC4(CCN4)C3)cc12. The molecule has 0 aliphatic carbocycles. The van der Waals surface area contributed by atoms with Gasteiger partial charge >= 0.3 is 0 Å². The molecule has 7 heteroatoms. The predicted octanol–water partition coefficient (Wildman–Crippen LogP) is 3.72. The molecule has 0 unspecified atom stereocenters. The third kappa shape index (κ3) is 2.48. The van der Waals surface area contributed by atoms with Crippen LogP contribution >= 0.6 is 11.6 Å². The second kappa shape index (κ2) is 5.79. The smallest absolute Gasteiger partial charge is 0.165 e. The van der Waals surface area contributed by atoms with Crippen LogP contribution in [0.5, 0.6) is 0 Å². The van der Waals surface area contributed by atoms with Gasteiger partial charge in [0, 0.05) is 24.2 Å². The van der Waals surface area contributed by atoms with Crippen LogP contribution in [0.4, 0.5) is 21.6 Å². The van der Waals surface area contributed by atoms with Crippen LogP contribution in [-0.2, 0) is 0 Å². The summed E-state index contributed by atoms with van der Waals surface area (Å²) in [4.78, 5) is 11.0. The summed E-state index contributed by atoms with van der Waals surface area (Å²) in [7, 11) is 0. The number of hydrogen-bond acceptors (Lipinski definition) is 5. The molecule has 2 fully saturated rings. The lowest BCUT2D eigenvalue weighted by atomic mass is 9.80. The van der Waals surface area contributed by atoms with E-state index in [1.807, 2.05) is 6.07 Å². The molecule has 5 nitrogen and oxygen atoms in total. The zero-order valence-corrected chi connectivity index (χ0v) is 14.7. The van der Waals surface area contributed by atoms with Crippen LogP contribution in [0.2, 0.25) is 5.02 Å². The second-order valence-corrected chi connectivity index (χ2v) is 7.37. The van der Waals surface area contributed by atoms with Crippen molar-refractivity contribution in [2.45, 2.75) is 12.0 Å². The predicted molar refractivity (Wildman–Crippen MR) is 102 cm³/mol. The van der Waals surface area contributed by atoms with Gasteiger partial charge in [0.1, 0.15) is 12.1 Å². The molecule has 26 heavy (non-hydrogen) atoms. The van der Waals surface area contributed by atoms with Crippen molar-refractivity contribution in [3.05, 3.63) is 53.6 Å². The van der Waals surface area contributed by atoms with Crippen molar-refractivity contribution in [3.8, 4) is 0 Å². The molecule has 2 aliphatic heterocycles. The molecule has 0 radical (unpaired) electrons. The Morgan fingerprint density at radius 3 is 2.81 bits per heavy atom. The maximum Gasteiger partial charge on any atom is 0.165 e. The summed E-state index contributed by atoms with van der Waals surface area (Å²) in [6.45, 7) is 3.13. The third-order valence-electron chi connectivity index (χ3n) is 5.28. The van der Waals surface area contributed by atoms with Crippen molar-refractivity contribution >= 4 is 39.7 Å². The number of nitrogens with one attached hydrogen (secondary N) is 2. The number of aromatic nitrogens is 2. The summed E-state index contributed by atoms with van der Waals surface area (Å²) in [5.74, 6) is 0.0767. The minimum atomic E-state index is -0.488. The average molecular weight is 370 g/mol. The normalized spacial score (nSPS) is 17.8. The van der Waals surface area contributed by atoms with E-state index in [0.29, 0.717) is 17.0 Å². The number of hydrogen-bond donors (Lipinski definition) is 2. The van der Waals surface area contributed by atoms with E-state index in [1.54, 1.807) is 12.1 Å². The fraction of sp³-hybridized carbons (Fsp3) is 0.263. The molecule has 2 saturated heterocycles. The molecular formula is C19H17ClFN5. The lowest BCUT2D eigenvalue weighted by Gasteiger charge is -2.57. The minimum absolute atomic E-state index is 0.0768. The molecule has 0 saturated carbocycles. The van der Waals surface area contributed by atoms with Crippen molar-refractivity contribution in [1.82, 2.24) is 15.3 Å². The first kappa shape index (κ1) is 15.8. The molecule has 5 rings (SSSR count). The van der Waals surface area contributed by atoms with E-state index in [9.17, 15) is 4.39 Å². The molecule has 0 atom stereocenters. The van der Waals surface area contributed by atoms with Crippen LogP contribution in [-0.4, -0.2) is 35.1 Å². The van der Waals surface area contributed by atoms with E-state index in [2.05, 4.69) is 37.6 Å². The van der Waals surface area contributed by atoms with E-state index in [0.717, 1.165) is 36.2 Å². The summed E-state index contributed by atoms with van der Waals surface area (Å²) in [5.41, 5.74) is 2.55. The number of benzene rings is 2. The van der Waals surface area contributed by atoms with Crippen LogP contribution in [0.15, 0.2) is 42.7 Å². The highest BCUT2D eigenvalue weighted by molar-refractivity contribution is 6.31. The Bertz CT molecular complexity index is 996. The highest BCUT2D eigenvalue weighted by Crippen LogP contribution is 2.36. The average Bonchev–Trinajstić information content (AvgIpc) is 2.57. The fourth-order valence-corrected chi connectivity index (χ4v) is 3.86. The highest BCUT2D eigenvalue weighted by atomic mass is 35.5. The van der Waals surface area contributed by atoms with E-state index < -0.39 is 5.82 Å². The fourth-order valence-electron chi connectivity index (χ4n) is 3.68. The van der Waals surface area contributed by atoms with Gasteiger partial charge in [0.25, 0.3) is 0 Å². The largest absolute Gasteiger partial charge is 0.368 e. The number of halogens is 2. The van der Waals surface area contributed by atoms with Gasteiger partial charge in [-0.15, -0.1) is 0 Å². The van der Waals surface area contributed by atoms with Gasteiger partial charge in [-0.1, -0.05) is 17.7 Å². The summed E-state index contributed by atoms with van der Waals surface area (Å²) in [5, 5.41) is 7.50. The van der Waals surface area contributed by atoms with Gasteiger partial charge in [-0.25, -0.2) is 14.4 Å². The summed E-state index contributed by atoms with van der Waals surface area (Å²) < 4.78 is 14.2. The maximum absolute atomic E-state index is 14.2. The Kier molecular flexibility index (Phi) is 3.52. The highest BCUT2D eigenvalue weighted by Gasteiger charge is 2.47. The molecule has 3 heterocycles. The van der Waals surface area contributed by atoms with Gasteiger partial charge in [-0.05, 0) is 43.3 Å². The quantitative estimate of drug-likeness (QED) is 0.737. The van der Waals surface area contributed by atoms with E-state index in [-0.39, 0.29) is 5.02 Å². The van der Waals surface area contributed by atoms with Gasteiger partial charge in [-0.3, -0.25) is 0 Å². The number of nitrogens with zero attached hydrogens (tertiary/aromatic N) is 3. The summed E-state index contributed by atoms with van der Waals surface area (Å²) in [6.07, 6.45) is 2.71. The van der Waals surface area contributed by atoms with Crippen molar-refractivity contribution in [2.24, 2.45) is 0 Å². The van der Waals surface area contributed by atoms with Crippen molar-refractivity contribution in [3.63, 3.8) is 0 Å². The molecular weight excluding hydrogens is 353 g/mol. The Labute approximate surface area is 155 Å². The number of fused-ring (bicyclic) bond motifs is 1. The zero-order valence-electron chi connectivity index (χ0n) is 14.0. The van der Waals surface area contributed by atoms with Gasteiger partial charge in [0.15, 0.2) is 5.82 Å². The first-order chi connectivity index (χ1) is 12.6. The summed E-state index contributed by atoms with van der Waals surface area (Å²) >= 11 is 5.88. The van der Waals surface area contributed by atoms with Gasteiger partial charge in [-0.2, -0.15) is 0 Å². The first-order valence-corrected chi connectivity index (χ1v) is 8.97. The van der Waals surface area contributed by atoms with Crippen LogP contribution in [0.1, 0.15) is 6.42 Å². The lowest BCUT2D eigenvalue weighted by Crippen LogP contribution is -2.75. The molecule has 2 aliphatic rings. The van der Waals surface area contributed by atoms with Crippen molar-refractivity contribution < 1.29 is 4.39 Å². The van der Waals surface area contributed by atoms with Crippen LogP contribution in [0.25, 0.3) is 10.9 Å². The minimum Gasteiger partial charge on any atom is -0.368 e. The Morgan fingerprint density at radius 2 is 2.04 bits per heavy atom. The Hall–Kier alpha value is -2.44. The zero-order chi connectivity index (χ0) is 17.7. The molecule has 2 aromatic carbocycles. The van der Waals surface area contributed by atoms with Crippen molar-refractivity contribution in [2.75, 3.05) is 29.9 Å². The molecule has 0 amide bonds. The van der Waals surface area contributed by atoms with Crippen LogP contribution < -0.4 is 15.5 Å². The molecule has 2 N–H and O–H groups in total.